The minimum Gasteiger partial charge on any atom is -0.481 e. The van der Waals surface area contributed by atoms with Gasteiger partial charge in [0.15, 0.2) is 0 Å². The molecule has 6 heteroatoms. The summed E-state index contributed by atoms with van der Waals surface area (Å²) >= 11 is 0. The lowest BCUT2D eigenvalue weighted by Crippen LogP contribution is -2.28. The number of rotatable bonds is 23. The van der Waals surface area contributed by atoms with Crippen molar-refractivity contribution in [2.45, 2.75) is 129 Å². The van der Waals surface area contributed by atoms with Crippen LogP contribution in [-0.2, 0) is 14.8 Å². The third-order valence-corrected chi connectivity index (χ3v) is 6.90. The Kier molecular flexibility index (Phi) is 20.2. The van der Waals surface area contributed by atoms with Crippen LogP contribution in [0.15, 0.2) is 0 Å². The highest BCUT2D eigenvalue weighted by Gasteiger charge is 2.09. The molecular weight excluding hydrogens is 386 g/mol. The van der Waals surface area contributed by atoms with E-state index in [-0.39, 0.29) is 18.7 Å². The van der Waals surface area contributed by atoms with Crippen LogP contribution in [0.3, 0.4) is 0 Å². The molecule has 0 heterocycles. The van der Waals surface area contributed by atoms with Gasteiger partial charge in [0.2, 0.25) is 10.0 Å². The fourth-order valence-corrected chi connectivity index (χ4v) is 4.72. The normalized spacial score (nSPS) is 11.8. The van der Waals surface area contributed by atoms with Gasteiger partial charge in [-0.05, 0) is 6.42 Å². The van der Waals surface area contributed by atoms with Gasteiger partial charge in [-0.25, -0.2) is 13.1 Å². The second kappa shape index (κ2) is 20.6. The van der Waals surface area contributed by atoms with Gasteiger partial charge in [0.25, 0.3) is 0 Å². The van der Waals surface area contributed by atoms with Crippen LogP contribution in [0.1, 0.15) is 129 Å². The molecule has 0 aromatic heterocycles. The molecule has 174 valence electrons. The number of unbranched alkanes of at least 4 members (excludes halogenated alkanes) is 17. The van der Waals surface area contributed by atoms with E-state index in [9.17, 15) is 13.2 Å². The standard InChI is InChI=1S/C23H47NO4S/c1-2-3-4-5-6-7-8-9-10-11-12-13-14-15-16-17-18-19-22-29(27,28)24-21-20-23(25)26/h24H,2-22H2,1H3,(H,25,26). The zero-order valence-electron chi connectivity index (χ0n) is 18.9. The molecule has 2 N–H and O–H groups in total. The number of nitrogens with one attached hydrogen (secondary N) is 1. The molecule has 0 saturated carbocycles. The van der Waals surface area contributed by atoms with E-state index in [0.717, 1.165) is 12.8 Å². The van der Waals surface area contributed by atoms with Crippen molar-refractivity contribution in [1.82, 2.24) is 4.72 Å². The molecule has 5 nitrogen and oxygen atoms in total. The van der Waals surface area contributed by atoms with Gasteiger partial charge in [-0.1, -0.05) is 116 Å². The van der Waals surface area contributed by atoms with Gasteiger partial charge < -0.3 is 5.11 Å². The number of sulfonamides is 1. The third kappa shape index (κ3) is 23.5. The topological polar surface area (TPSA) is 83.5 Å². The monoisotopic (exact) mass is 433 g/mol. The van der Waals surface area contributed by atoms with Gasteiger partial charge in [0.05, 0.1) is 12.2 Å². The summed E-state index contributed by atoms with van der Waals surface area (Å²) in [6.07, 6.45) is 22.9. The molecule has 0 aromatic rings. The number of hydrogen-bond donors (Lipinski definition) is 2. The number of carboxylic acids is 1. The molecule has 0 aliphatic carbocycles. The molecule has 0 atom stereocenters. The summed E-state index contributed by atoms with van der Waals surface area (Å²) in [5.41, 5.74) is 0. The maximum Gasteiger partial charge on any atom is 0.304 e. The van der Waals surface area contributed by atoms with Gasteiger partial charge in [-0.2, -0.15) is 0 Å². The Hall–Kier alpha value is -0.620. The fourth-order valence-electron chi connectivity index (χ4n) is 3.58. The van der Waals surface area contributed by atoms with E-state index >= 15 is 0 Å². The molecule has 0 rings (SSSR count). The first kappa shape index (κ1) is 28.4. The van der Waals surface area contributed by atoms with Crippen molar-refractivity contribution in [3.8, 4) is 0 Å². The lowest BCUT2D eigenvalue weighted by Gasteiger charge is -2.06. The average molecular weight is 434 g/mol. The molecule has 29 heavy (non-hydrogen) atoms. The summed E-state index contributed by atoms with van der Waals surface area (Å²) in [5.74, 6) is -0.883. The van der Waals surface area contributed by atoms with Crippen LogP contribution in [0.25, 0.3) is 0 Å². The summed E-state index contributed by atoms with van der Waals surface area (Å²) in [5, 5.41) is 8.51. The molecular formula is C23H47NO4S. The smallest absolute Gasteiger partial charge is 0.304 e. The van der Waals surface area contributed by atoms with Crippen LogP contribution in [-0.4, -0.2) is 31.8 Å². The first-order valence-corrected chi connectivity index (χ1v) is 13.8. The lowest BCUT2D eigenvalue weighted by molar-refractivity contribution is -0.136. The molecule has 0 aliphatic rings. The molecule has 0 saturated heterocycles. The Morgan fingerprint density at radius 3 is 1.34 bits per heavy atom. The molecule has 0 unspecified atom stereocenters. The van der Waals surface area contributed by atoms with Crippen LogP contribution in [0.4, 0.5) is 0 Å². The minimum absolute atomic E-state index is 0.0171. The van der Waals surface area contributed by atoms with Gasteiger partial charge >= 0.3 is 5.97 Å². The molecule has 0 aromatic carbocycles. The van der Waals surface area contributed by atoms with Crippen molar-refractivity contribution in [3.05, 3.63) is 0 Å². The van der Waals surface area contributed by atoms with Crippen molar-refractivity contribution >= 4 is 16.0 Å². The number of aliphatic carboxylic acids is 1. The minimum atomic E-state index is -3.31. The van der Waals surface area contributed by atoms with E-state index in [0.29, 0.717) is 6.42 Å². The van der Waals surface area contributed by atoms with Gasteiger partial charge in [-0.3, -0.25) is 4.79 Å². The molecule has 0 aliphatic heterocycles. The highest BCUT2D eigenvalue weighted by atomic mass is 32.2. The summed E-state index contributed by atoms with van der Waals surface area (Å²) in [6, 6.07) is 0. The second-order valence-electron chi connectivity index (χ2n) is 8.37. The molecule has 0 spiro atoms. The Balaban J connectivity index is 3.23. The van der Waals surface area contributed by atoms with Crippen LogP contribution in [0.5, 0.6) is 0 Å². The van der Waals surface area contributed by atoms with Crippen LogP contribution in [0.2, 0.25) is 0 Å². The quantitative estimate of drug-likeness (QED) is 0.182. The first-order valence-electron chi connectivity index (χ1n) is 12.2. The lowest BCUT2D eigenvalue weighted by atomic mass is 10.0. The van der Waals surface area contributed by atoms with Crippen molar-refractivity contribution in [2.75, 3.05) is 12.3 Å². The van der Waals surface area contributed by atoms with Gasteiger partial charge in [-0.15, -0.1) is 0 Å². The van der Waals surface area contributed by atoms with Crippen molar-refractivity contribution in [2.24, 2.45) is 0 Å². The predicted molar refractivity (Wildman–Crippen MR) is 123 cm³/mol. The van der Waals surface area contributed by atoms with Crippen molar-refractivity contribution < 1.29 is 18.3 Å². The first-order chi connectivity index (χ1) is 14.0. The molecule has 0 amide bonds. The molecule has 0 radical (unpaired) electrons. The average Bonchev–Trinajstić information content (AvgIpc) is 2.66. The summed E-state index contributed by atoms with van der Waals surface area (Å²) < 4.78 is 25.7. The highest BCUT2D eigenvalue weighted by Crippen LogP contribution is 2.14. The zero-order chi connectivity index (χ0) is 21.6. The van der Waals surface area contributed by atoms with E-state index in [4.69, 9.17) is 5.11 Å². The molecule has 0 bridgehead atoms. The summed E-state index contributed by atoms with van der Waals surface area (Å²) in [4.78, 5) is 10.4. The van der Waals surface area contributed by atoms with Crippen molar-refractivity contribution in [3.63, 3.8) is 0 Å². The number of hydrogen-bond acceptors (Lipinski definition) is 3. The Bertz CT molecular complexity index is 465. The zero-order valence-corrected chi connectivity index (χ0v) is 19.7. The van der Waals surface area contributed by atoms with E-state index in [1.165, 1.54) is 96.3 Å². The third-order valence-electron chi connectivity index (χ3n) is 5.43. The van der Waals surface area contributed by atoms with Gasteiger partial charge in [0.1, 0.15) is 0 Å². The Morgan fingerprint density at radius 2 is 1.00 bits per heavy atom. The Morgan fingerprint density at radius 1 is 0.655 bits per heavy atom. The predicted octanol–water partition coefficient (Wildman–Crippen LogP) is 6.42. The van der Waals surface area contributed by atoms with Crippen LogP contribution < -0.4 is 4.72 Å². The van der Waals surface area contributed by atoms with E-state index in [1.807, 2.05) is 0 Å². The van der Waals surface area contributed by atoms with Crippen LogP contribution in [0, 0.1) is 0 Å². The highest BCUT2D eigenvalue weighted by molar-refractivity contribution is 7.89. The maximum absolute atomic E-state index is 11.7. The Labute approximate surface area is 180 Å². The number of carboxylic acid groups (broad SMARTS) is 1. The van der Waals surface area contributed by atoms with Gasteiger partial charge in [0, 0.05) is 6.54 Å². The van der Waals surface area contributed by atoms with Crippen molar-refractivity contribution in [1.29, 1.82) is 0 Å². The second-order valence-corrected chi connectivity index (χ2v) is 10.3. The maximum atomic E-state index is 11.7. The summed E-state index contributed by atoms with van der Waals surface area (Å²) in [6.45, 7) is 2.25. The SMILES string of the molecule is CCCCCCCCCCCCCCCCCCCCS(=O)(=O)NCCC(=O)O. The van der Waals surface area contributed by atoms with E-state index in [1.54, 1.807) is 0 Å². The fraction of sp³-hybridized carbons (Fsp3) is 0.957. The number of carbonyl (C=O) groups is 1. The molecule has 0 fully saturated rings. The summed E-state index contributed by atoms with van der Waals surface area (Å²) in [7, 11) is -3.31. The largest absolute Gasteiger partial charge is 0.481 e. The van der Waals surface area contributed by atoms with E-state index < -0.39 is 16.0 Å². The van der Waals surface area contributed by atoms with E-state index in [2.05, 4.69) is 11.6 Å². The van der Waals surface area contributed by atoms with Crippen LogP contribution >= 0.6 is 0 Å².